The number of aromatic nitrogens is 2. The maximum atomic E-state index is 11.5. The molecular weight excluding hydrogens is 206 g/mol. The second kappa shape index (κ2) is 3.94. The molecule has 0 aromatic carbocycles. The van der Waals surface area contributed by atoms with Crippen molar-refractivity contribution in [2.24, 2.45) is 5.73 Å². The summed E-state index contributed by atoms with van der Waals surface area (Å²) in [5, 5.41) is 0. The first kappa shape index (κ1) is 10.6. The number of ether oxygens (including phenoxy) is 1. The Bertz CT molecular complexity index is 545. The Balaban J connectivity index is 2.73. The van der Waals surface area contributed by atoms with Crippen LogP contribution in [0, 0.1) is 6.92 Å². The average molecular weight is 219 g/mol. The number of hydrogen-bond donors (Lipinski definition) is 1. The summed E-state index contributed by atoms with van der Waals surface area (Å²) in [4.78, 5) is 15.7. The third kappa shape index (κ3) is 1.55. The highest BCUT2D eigenvalue weighted by Crippen LogP contribution is 2.15. The maximum Gasteiger partial charge on any atom is 0.358 e. The van der Waals surface area contributed by atoms with Crippen LogP contribution in [-0.2, 0) is 11.3 Å². The largest absolute Gasteiger partial charge is 0.464 e. The van der Waals surface area contributed by atoms with Crippen molar-refractivity contribution in [2.75, 3.05) is 7.11 Å². The van der Waals surface area contributed by atoms with Gasteiger partial charge >= 0.3 is 5.97 Å². The monoisotopic (exact) mass is 219 g/mol. The quantitative estimate of drug-likeness (QED) is 0.761. The molecule has 0 saturated heterocycles. The Kier molecular flexibility index (Phi) is 2.62. The van der Waals surface area contributed by atoms with Crippen molar-refractivity contribution in [1.82, 2.24) is 9.38 Å². The molecule has 0 fully saturated rings. The Hall–Kier alpha value is -1.88. The van der Waals surface area contributed by atoms with E-state index in [2.05, 4.69) is 9.72 Å². The van der Waals surface area contributed by atoms with Gasteiger partial charge in [0.25, 0.3) is 0 Å². The molecule has 5 nitrogen and oxygen atoms in total. The number of aryl methyl sites for hydroxylation is 1. The standard InChI is InChI=1S/C11H13N3O2/c1-7-3-4-14-8(5-7)10(11(15)16-2)13-9(14)6-12/h3-5H,6,12H2,1-2H3. The minimum atomic E-state index is -0.442. The lowest BCUT2D eigenvalue weighted by Crippen LogP contribution is -2.03. The summed E-state index contributed by atoms with van der Waals surface area (Å²) in [7, 11) is 1.34. The lowest BCUT2D eigenvalue weighted by atomic mass is 10.2. The summed E-state index contributed by atoms with van der Waals surface area (Å²) in [5.74, 6) is 0.207. The van der Waals surface area contributed by atoms with Gasteiger partial charge in [-0.2, -0.15) is 0 Å². The number of imidazole rings is 1. The predicted molar refractivity (Wildman–Crippen MR) is 59.2 cm³/mol. The summed E-state index contributed by atoms with van der Waals surface area (Å²) < 4.78 is 6.49. The van der Waals surface area contributed by atoms with Crippen LogP contribution < -0.4 is 5.73 Å². The lowest BCUT2D eigenvalue weighted by molar-refractivity contribution is 0.0597. The Labute approximate surface area is 92.8 Å². The van der Waals surface area contributed by atoms with Crippen molar-refractivity contribution in [2.45, 2.75) is 13.5 Å². The van der Waals surface area contributed by atoms with Crippen molar-refractivity contribution in [3.05, 3.63) is 35.4 Å². The van der Waals surface area contributed by atoms with E-state index in [1.54, 1.807) is 4.40 Å². The van der Waals surface area contributed by atoms with E-state index in [1.807, 2.05) is 25.3 Å². The molecule has 2 N–H and O–H groups in total. The van der Waals surface area contributed by atoms with Gasteiger partial charge in [-0.05, 0) is 24.6 Å². The minimum Gasteiger partial charge on any atom is -0.464 e. The van der Waals surface area contributed by atoms with Gasteiger partial charge in [0.1, 0.15) is 5.82 Å². The first-order valence-electron chi connectivity index (χ1n) is 4.93. The SMILES string of the molecule is COC(=O)c1nc(CN)n2ccc(C)cc12. The molecule has 84 valence electrons. The second-order valence-corrected chi connectivity index (χ2v) is 3.53. The number of nitrogens with two attached hydrogens (primary N) is 1. The van der Waals surface area contributed by atoms with Gasteiger partial charge in [0, 0.05) is 6.20 Å². The van der Waals surface area contributed by atoms with Crippen LogP contribution in [0.15, 0.2) is 18.3 Å². The van der Waals surface area contributed by atoms with E-state index in [0.717, 1.165) is 11.1 Å². The third-order valence-corrected chi connectivity index (χ3v) is 2.43. The van der Waals surface area contributed by atoms with Crippen LogP contribution in [0.1, 0.15) is 21.9 Å². The number of pyridine rings is 1. The van der Waals surface area contributed by atoms with Crippen molar-refractivity contribution in [3.63, 3.8) is 0 Å². The summed E-state index contributed by atoms with van der Waals surface area (Å²) >= 11 is 0. The van der Waals surface area contributed by atoms with Crippen LogP contribution in [0.5, 0.6) is 0 Å². The highest BCUT2D eigenvalue weighted by molar-refractivity contribution is 5.95. The number of rotatable bonds is 2. The van der Waals surface area contributed by atoms with Crippen LogP contribution in [0.25, 0.3) is 5.52 Å². The normalized spacial score (nSPS) is 10.7. The topological polar surface area (TPSA) is 69.6 Å². The van der Waals surface area contributed by atoms with Gasteiger partial charge in [0.05, 0.1) is 19.2 Å². The molecule has 0 aliphatic carbocycles. The fourth-order valence-electron chi connectivity index (χ4n) is 1.64. The van der Waals surface area contributed by atoms with Gasteiger partial charge < -0.3 is 14.9 Å². The second-order valence-electron chi connectivity index (χ2n) is 3.53. The molecule has 0 bridgehead atoms. The Morgan fingerprint density at radius 1 is 1.62 bits per heavy atom. The zero-order valence-electron chi connectivity index (χ0n) is 9.23. The molecule has 5 heteroatoms. The summed E-state index contributed by atoms with van der Waals surface area (Å²) in [6.07, 6.45) is 1.85. The van der Waals surface area contributed by atoms with E-state index in [0.29, 0.717) is 11.5 Å². The van der Waals surface area contributed by atoms with Crippen LogP contribution in [0.4, 0.5) is 0 Å². The van der Waals surface area contributed by atoms with E-state index < -0.39 is 5.97 Å². The van der Waals surface area contributed by atoms with Gasteiger partial charge in [-0.1, -0.05) is 0 Å². The zero-order valence-corrected chi connectivity index (χ0v) is 9.23. The van der Waals surface area contributed by atoms with E-state index in [-0.39, 0.29) is 6.54 Å². The number of carbonyl (C=O) groups is 1. The summed E-state index contributed by atoms with van der Waals surface area (Å²) in [6.45, 7) is 2.23. The first-order chi connectivity index (χ1) is 7.67. The van der Waals surface area contributed by atoms with Gasteiger partial charge in [0.15, 0.2) is 5.69 Å². The molecule has 0 radical (unpaired) electrons. The highest BCUT2D eigenvalue weighted by atomic mass is 16.5. The molecule has 0 atom stereocenters. The van der Waals surface area contributed by atoms with Crippen LogP contribution in [0.2, 0.25) is 0 Å². The molecule has 0 aliphatic heterocycles. The van der Waals surface area contributed by atoms with Gasteiger partial charge in [0.2, 0.25) is 0 Å². The number of esters is 1. The lowest BCUT2D eigenvalue weighted by Gasteiger charge is -1.99. The van der Waals surface area contributed by atoms with Crippen LogP contribution in [0.3, 0.4) is 0 Å². The van der Waals surface area contributed by atoms with E-state index >= 15 is 0 Å². The number of hydrogen-bond acceptors (Lipinski definition) is 4. The first-order valence-corrected chi connectivity index (χ1v) is 4.93. The van der Waals surface area contributed by atoms with Gasteiger partial charge in [-0.25, -0.2) is 9.78 Å². The summed E-state index contributed by atoms with van der Waals surface area (Å²) in [6, 6.07) is 3.83. The zero-order chi connectivity index (χ0) is 11.7. The molecule has 0 saturated carbocycles. The van der Waals surface area contributed by atoms with Gasteiger partial charge in [-0.3, -0.25) is 0 Å². The van der Waals surface area contributed by atoms with Crippen LogP contribution in [-0.4, -0.2) is 22.5 Å². The minimum absolute atomic E-state index is 0.279. The fraction of sp³-hybridized carbons (Fsp3) is 0.273. The van der Waals surface area contributed by atoms with E-state index in [4.69, 9.17) is 5.73 Å². The predicted octanol–water partition coefficient (Wildman–Crippen LogP) is 0.888. The molecule has 2 aromatic heterocycles. The Morgan fingerprint density at radius 3 is 3.00 bits per heavy atom. The number of fused-ring (bicyclic) bond motifs is 1. The highest BCUT2D eigenvalue weighted by Gasteiger charge is 2.16. The molecule has 16 heavy (non-hydrogen) atoms. The van der Waals surface area contributed by atoms with Crippen molar-refractivity contribution in [1.29, 1.82) is 0 Å². The smallest absolute Gasteiger partial charge is 0.358 e. The van der Waals surface area contributed by atoms with E-state index in [1.165, 1.54) is 7.11 Å². The summed E-state index contributed by atoms with van der Waals surface area (Å²) in [5.41, 5.74) is 7.67. The molecule has 2 aromatic rings. The maximum absolute atomic E-state index is 11.5. The van der Waals surface area contributed by atoms with Crippen molar-refractivity contribution >= 4 is 11.5 Å². The molecular formula is C11H13N3O2. The molecule has 0 amide bonds. The molecule has 2 rings (SSSR count). The number of carbonyl (C=O) groups excluding carboxylic acids is 1. The van der Waals surface area contributed by atoms with Crippen LogP contribution >= 0.6 is 0 Å². The molecule has 2 heterocycles. The third-order valence-electron chi connectivity index (χ3n) is 2.43. The Morgan fingerprint density at radius 2 is 2.38 bits per heavy atom. The van der Waals surface area contributed by atoms with Crippen molar-refractivity contribution < 1.29 is 9.53 Å². The van der Waals surface area contributed by atoms with Gasteiger partial charge in [-0.15, -0.1) is 0 Å². The molecule has 0 spiro atoms. The fourth-order valence-corrected chi connectivity index (χ4v) is 1.64. The number of methoxy groups -OCH3 is 1. The molecule has 0 unspecified atom stereocenters. The molecule has 0 aliphatic rings. The average Bonchev–Trinajstić information content (AvgIpc) is 2.66. The van der Waals surface area contributed by atoms with E-state index in [9.17, 15) is 4.79 Å². The number of nitrogens with zero attached hydrogens (tertiary/aromatic N) is 2. The van der Waals surface area contributed by atoms with Crippen molar-refractivity contribution in [3.8, 4) is 0 Å².